The van der Waals surface area contributed by atoms with Crippen LogP contribution in [0, 0.1) is 0 Å². The van der Waals surface area contributed by atoms with Gasteiger partial charge in [-0.1, -0.05) is 53.6 Å². The van der Waals surface area contributed by atoms with Gasteiger partial charge in [0, 0.05) is 13.0 Å². The summed E-state index contributed by atoms with van der Waals surface area (Å²) in [6.07, 6.45) is 0.297. The number of carbonyl (C=O) groups excluding carboxylic acids is 2. The molecule has 1 unspecified atom stereocenters. The molecule has 2 aromatic rings. The van der Waals surface area contributed by atoms with E-state index in [9.17, 15) is 9.59 Å². The molecule has 0 radical (unpaired) electrons. The zero-order chi connectivity index (χ0) is 17.0. The van der Waals surface area contributed by atoms with Crippen molar-refractivity contribution in [1.82, 2.24) is 5.06 Å². The molecule has 1 heterocycles. The average molecular weight is 343 g/mol. The first kappa shape index (κ1) is 16.5. The predicted molar refractivity (Wildman–Crippen MR) is 91.4 cm³/mol. The van der Waals surface area contributed by atoms with Gasteiger partial charge in [0.1, 0.15) is 0 Å². The Bertz CT molecular complexity index is 722. The summed E-state index contributed by atoms with van der Waals surface area (Å²) in [6, 6.07) is 18.2. The third-order valence-electron chi connectivity index (χ3n) is 3.53. The van der Waals surface area contributed by atoms with Crippen LogP contribution in [0.1, 0.15) is 12.5 Å². The molecule has 24 heavy (non-hydrogen) atoms. The van der Waals surface area contributed by atoms with Gasteiger partial charge >= 0.3 is 11.1 Å². The Morgan fingerprint density at radius 3 is 2.25 bits per heavy atom. The molecule has 6 heteroatoms. The molecule has 2 aromatic carbocycles. The van der Waals surface area contributed by atoms with Crippen molar-refractivity contribution < 1.29 is 19.2 Å². The van der Waals surface area contributed by atoms with Crippen molar-refractivity contribution in [2.24, 2.45) is 0 Å². The highest BCUT2D eigenvalue weighted by Gasteiger charge is 2.55. The van der Waals surface area contributed by atoms with Crippen molar-refractivity contribution in [2.45, 2.75) is 18.3 Å². The molecule has 1 fully saturated rings. The minimum atomic E-state index is -1.29. The number of hydroxylamine groups is 2. The van der Waals surface area contributed by atoms with Crippen molar-refractivity contribution in [3.63, 3.8) is 0 Å². The van der Waals surface area contributed by atoms with E-state index in [0.29, 0.717) is 18.8 Å². The largest absolute Gasteiger partial charge is 0.368 e. The van der Waals surface area contributed by atoms with E-state index in [-0.39, 0.29) is 0 Å². The van der Waals surface area contributed by atoms with Crippen molar-refractivity contribution in [3.05, 3.63) is 66.2 Å². The van der Waals surface area contributed by atoms with E-state index in [0.717, 1.165) is 22.4 Å². The Balaban J connectivity index is 1.85. The van der Waals surface area contributed by atoms with Crippen LogP contribution in [0.3, 0.4) is 0 Å². The van der Waals surface area contributed by atoms with Crippen molar-refractivity contribution in [2.75, 3.05) is 6.61 Å². The smallest absolute Gasteiger partial charge is 0.325 e. The minimum Gasteiger partial charge on any atom is -0.368 e. The molecule has 5 nitrogen and oxygen atoms in total. The number of ether oxygens (including phenoxy) is 1. The van der Waals surface area contributed by atoms with Gasteiger partial charge in [0.25, 0.3) is 0 Å². The van der Waals surface area contributed by atoms with Crippen LogP contribution >= 0.6 is 11.8 Å². The number of hydrogen-bond donors (Lipinski definition) is 0. The van der Waals surface area contributed by atoms with Gasteiger partial charge in [-0.25, -0.2) is 0 Å². The summed E-state index contributed by atoms with van der Waals surface area (Å²) in [7, 11) is 0. The molecule has 1 saturated heterocycles. The number of nitrogens with zero attached hydrogens (tertiary/aromatic N) is 1. The lowest BCUT2D eigenvalue weighted by atomic mass is 10.1. The number of hydrogen-bond acceptors (Lipinski definition) is 5. The summed E-state index contributed by atoms with van der Waals surface area (Å²) in [5.41, 5.74) is 0.918. The normalized spacial score (nSPS) is 20.5. The molecule has 0 N–H and O–H groups in total. The summed E-state index contributed by atoms with van der Waals surface area (Å²) in [6.45, 7) is 2.11. The summed E-state index contributed by atoms with van der Waals surface area (Å²) >= 11 is 0.858. The molecule has 3 rings (SSSR count). The molecule has 0 saturated carbocycles. The Kier molecular flexibility index (Phi) is 4.87. The lowest BCUT2D eigenvalue weighted by Crippen LogP contribution is -2.44. The van der Waals surface area contributed by atoms with Crippen LogP contribution in [0.15, 0.2) is 60.7 Å². The summed E-state index contributed by atoms with van der Waals surface area (Å²) < 4.78 is 5.72. The van der Waals surface area contributed by atoms with Crippen LogP contribution in [-0.4, -0.2) is 27.7 Å². The van der Waals surface area contributed by atoms with E-state index in [1.807, 2.05) is 36.4 Å². The quantitative estimate of drug-likeness (QED) is 0.801. The highest BCUT2D eigenvalue weighted by Crippen LogP contribution is 2.41. The van der Waals surface area contributed by atoms with Crippen LogP contribution in [0.5, 0.6) is 5.75 Å². The van der Waals surface area contributed by atoms with E-state index >= 15 is 0 Å². The lowest BCUT2D eigenvalue weighted by molar-refractivity contribution is -0.159. The fourth-order valence-corrected chi connectivity index (χ4v) is 3.55. The van der Waals surface area contributed by atoms with Gasteiger partial charge in [0.15, 0.2) is 5.75 Å². The number of para-hydroxylation sites is 1. The molecule has 1 aliphatic rings. The first-order valence-corrected chi connectivity index (χ1v) is 8.45. The zero-order valence-electron chi connectivity index (χ0n) is 13.2. The summed E-state index contributed by atoms with van der Waals surface area (Å²) in [4.78, 5) is 29.4. The maximum atomic E-state index is 12.9. The maximum absolute atomic E-state index is 12.9. The third-order valence-corrected chi connectivity index (χ3v) is 4.63. The Morgan fingerprint density at radius 1 is 1.00 bits per heavy atom. The van der Waals surface area contributed by atoms with E-state index in [4.69, 9.17) is 9.57 Å². The predicted octanol–water partition coefficient (Wildman–Crippen LogP) is 3.65. The topological polar surface area (TPSA) is 55.8 Å². The van der Waals surface area contributed by atoms with Gasteiger partial charge < -0.3 is 9.57 Å². The fraction of sp³-hybridized carbons (Fsp3) is 0.222. The van der Waals surface area contributed by atoms with Crippen LogP contribution < -0.4 is 4.84 Å². The van der Waals surface area contributed by atoms with E-state index in [2.05, 4.69) is 0 Å². The second-order valence-corrected chi connectivity index (χ2v) is 6.43. The Morgan fingerprint density at radius 2 is 1.62 bits per heavy atom. The van der Waals surface area contributed by atoms with Gasteiger partial charge in [0.2, 0.25) is 4.93 Å². The first-order valence-electron chi connectivity index (χ1n) is 7.63. The third kappa shape index (κ3) is 3.29. The maximum Gasteiger partial charge on any atom is 0.325 e. The van der Waals surface area contributed by atoms with Crippen LogP contribution in [0.4, 0.5) is 4.79 Å². The van der Waals surface area contributed by atoms with Crippen molar-refractivity contribution >= 4 is 22.9 Å². The van der Waals surface area contributed by atoms with Gasteiger partial charge in [-0.15, -0.1) is 0 Å². The van der Waals surface area contributed by atoms with E-state index in [1.54, 1.807) is 31.2 Å². The molecule has 1 aliphatic heterocycles. The molecule has 0 bridgehead atoms. The van der Waals surface area contributed by atoms with Gasteiger partial charge in [0.05, 0.1) is 0 Å². The molecule has 0 spiro atoms. The van der Waals surface area contributed by atoms with Gasteiger partial charge in [-0.2, -0.15) is 0 Å². The zero-order valence-corrected chi connectivity index (χ0v) is 14.0. The molecule has 0 aromatic heterocycles. The second-order valence-electron chi connectivity index (χ2n) is 5.22. The molecular formula is C18H17NO4S. The molecular weight excluding hydrogens is 326 g/mol. The molecule has 2 amide bonds. The number of imide groups is 1. The van der Waals surface area contributed by atoms with Crippen LogP contribution in [0.2, 0.25) is 0 Å². The van der Waals surface area contributed by atoms with Crippen molar-refractivity contribution in [1.29, 1.82) is 0 Å². The lowest BCUT2D eigenvalue weighted by Gasteiger charge is -2.25. The fourth-order valence-electron chi connectivity index (χ4n) is 2.48. The number of amides is 2. The molecule has 0 aliphatic carbocycles. The SMILES string of the molecule is CCOC1(Cc2ccccc2)SC(=O)N(Oc2ccccc2)C1=O. The summed E-state index contributed by atoms with van der Waals surface area (Å²) in [5, 5.41) is 0.312. The standard InChI is InChI=1S/C18H17NO4S/c1-2-22-18(13-14-9-5-3-6-10-14)16(20)19(17(21)24-18)23-15-11-7-4-8-12-15/h3-12H,2,13H2,1H3. The van der Waals surface area contributed by atoms with Gasteiger partial charge in [-0.3, -0.25) is 9.59 Å². The van der Waals surface area contributed by atoms with Crippen molar-refractivity contribution in [3.8, 4) is 5.75 Å². The first-order chi connectivity index (χ1) is 11.6. The average Bonchev–Trinajstić information content (AvgIpc) is 2.81. The molecule has 124 valence electrons. The number of benzene rings is 2. The highest BCUT2D eigenvalue weighted by molar-refractivity contribution is 8.15. The van der Waals surface area contributed by atoms with Crippen LogP contribution in [0.25, 0.3) is 0 Å². The van der Waals surface area contributed by atoms with Crippen LogP contribution in [-0.2, 0) is 16.0 Å². The van der Waals surface area contributed by atoms with Gasteiger partial charge in [-0.05, 0) is 36.4 Å². The molecule has 1 atom stereocenters. The summed E-state index contributed by atoms with van der Waals surface area (Å²) in [5.74, 6) is -0.0705. The highest BCUT2D eigenvalue weighted by atomic mass is 32.2. The van der Waals surface area contributed by atoms with E-state index in [1.165, 1.54) is 0 Å². The Labute approximate surface area is 144 Å². The number of rotatable bonds is 6. The minimum absolute atomic E-state index is 0.297. The Hall–Kier alpha value is -2.31. The monoisotopic (exact) mass is 343 g/mol. The van der Waals surface area contributed by atoms with E-state index < -0.39 is 16.1 Å². The second kappa shape index (κ2) is 7.07. The number of thioether (sulfide) groups is 1. The number of carbonyl (C=O) groups is 2.